The zero-order chi connectivity index (χ0) is 6.41. The highest BCUT2D eigenvalue weighted by atomic mass is 16.5. The molecular formula is C7H10O. The average Bonchev–Trinajstić information content (AvgIpc) is 1.83. The molecule has 0 aliphatic rings. The Balaban J connectivity index is 3.84. The van der Waals surface area contributed by atoms with Gasteiger partial charge in [0.15, 0.2) is 0 Å². The van der Waals surface area contributed by atoms with E-state index in [4.69, 9.17) is 4.74 Å². The number of methoxy groups -OCH3 is 1. The minimum absolute atomic E-state index is 0.736. The summed E-state index contributed by atoms with van der Waals surface area (Å²) in [5.41, 5.74) is 0. The molecule has 0 radical (unpaired) electrons. The summed E-state index contributed by atoms with van der Waals surface area (Å²) in [5.74, 6) is 0.736. The van der Waals surface area contributed by atoms with Crippen LogP contribution in [0.25, 0.3) is 0 Å². The lowest BCUT2D eigenvalue weighted by atomic mass is 10.4. The summed E-state index contributed by atoms with van der Waals surface area (Å²) in [6.45, 7) is 7.00. The molecule has 0 bridgehead atoms. The molecule has 0 aliphatic heterocycles. The highest BCUT2D eigenvalue weighted by Crippen LogP contribution is 1.93. The Hall–Kier alpha value is -0.980. The molecule has 0 N–H and O–H groups in total. The van der Waals surface area contributed by atoms with Gasteiger partial charge in [-0.3, -0.25) is 0 Å². The van der Waals surface area contributed by atoms with Crippen molar-refractivity contribution in [3.05, 3.63) is 37.1 Å². The van der Waals surface area contributed by atoms with Gasteiger partial charge in [0.25, 0.3) is 0 Å². The third-order valence-corrected chi connectivity index (χ3v) is 0.719. The molecule has 0 aromatic heterocycles. The maximum absolute atomic E-state index is 4.81. The van der Waals surface area contributed by atoms with Crippen molar-refractivity contribution in [1.82, 2.24) is 0 Å². The Morgan fingerprint density at radius 1 is 1.50 bits per heavy atom. The van der Waals surface area contributed by atoms with Crippen molar-refractivity contribution in [1.29, 1.82) is 0 Å². The van der Waals surface area contributed by atoms with Gasteiger partial charge in [0.2, 0.25) is 0 Å². The largest absolute Gasteiger partial charge is 0.497 e. The van der Waals surface area contributed by atoms with Crippen molar-refractivity contribution < 1.29 is 4.74 Å². The van der Waals surface area contributed by atoms with Gasteiger partial charge in [0.1, 0.15) is 5.76 Å². The van der Waals surface area contributed by atoms with Crippen LogP contribution in [-0.2, 0) is 4.74 Å². The zero-order valence-corrected chi connectivity index (χ0v) is 5.05. The molecule has 8 heavy (non-hydrogen) atoms. The van der Waals surface area contributed by atoms with E-state index in [0.29, 0.717) is 0 Å². The summed E-state index contributed by atoms with van der Waals surface area (Å²) in [6, 6.07) is 0. The fourth-order valence-corrected chi connectivity index (χ4v) is 0.336. The molecule has 0 saturated heterocycles. The molecule has 0 aromatic rings. The minimum Gasteiger partial charge on any atom is -0.497 e. The number of rotatable bonds is 3. The predicted octanol–water partition coefficient (Wildman–Crippen LogP) is 1.89. The summed E-state index contributed by atoms with van der Waals surface area (Å²) in [7, 11) is 1.59. The smallest absolute Gasteiger partial charge is 0.118 e. The first-order chi connectivity index (χ1) is 3.85. The highest BCUT2D eigenvalue weighted by Gasteiger charge is 1.79. The number of ether oxygens (including phenoxy) is 1. The molecule has 0 fully saturated rings. The van der Waals surface area contributed by atoms with E-state index < -0.39 is 0 Å². The molecule has 0 unspecified atom stereocenters. The maximum Gasteiger partial charge on any atom is 0.118 e. The van der Waals surface area contributed by atoms with Crippen LogP contribution in [0, 0.1) is 0 Å². The number of allylic oxidation sites excluding steroid dienone is 3. The van der Waals surface area contributed by atoms with Crippen LogP contribution in [0.15, 0.2) is 37.1 Å². The molecule has 1 heteroatoms. The van der Waals surface area contributed by atoms with Crippen LogP contribution in [0.1, 0.15) is 0 Å². The van der Waals surface area contributed by atoms with Crippen molar-refractivity contribution in [3.63, 3.8) is 0 Å². The lowest BCUT2D eigenvalue weighted by molar-refractivity contribution is 0.307. The fourth-order valence-electron chi connectivity index (χ4n) is 0.336. The van der Waals surface area contributed by atoms with Gasteiger partial charge in [-0.05, 0) is 12.2 Å². The van der Waals surface area contributed by atoms with Crippen molar-refractivity contribution in [2.45, 2.75) is 0 Å². The van der Waals surface area contributed by atoms with E-state index in [2.05, 4.69) is 13.2 Å². The van der Waals surface area contributed by atoms with Crippen LogP contribution in [0.4, 0.5) is 0 Å². The van der Waals surface area contributed by atoms with Gasteiger partial charge in [-0.1, -0.05) is 19.2 Å². The van der Waals surface area contributed by atoms with E-state index in [1.54, 1.807) is 25.3 Å². The number of hydrogen-bond acceptors (Lipinski definition) is 1. The summed E-state index contributed by atoms with van der Waals surface area (Å²) >= 11 is 0. The molecule has 44 valence electrons. The monoisotopic (exact) mass is 110 g/mol. The normalized spacial score (nSPS) is 10.4. The number of hydrogen-bond donors (Lipinski definition) is 0. The summed E-state index contributed by atoms with van der Waals surface area (Å²) < 4.78 is 4.81. The van der Waals surface area contributed by atoms with Gasteiger partial charge in [0.05, 0.1) is 7.11 Å². The molecule has 0 rings (SSSR count). The van der Waals surface area contributed by atoms with Gasteiger partial charge in [-0.25, -0.2) is 0 Å². The fraction of sp³-hybridized carbons (Fsp3) is 0.143. The van der Waals surface area contributed by atoms with E-state index in [9.17, 15) is 0 Å². The molecule has 0 atom stereocenters. The van der Waals surface area contributed by atoms with Gasteiger partial charge >= 0.3 is 0 Å². The first kappa shape index (κ1) is 7.02. The van der Waals surface area contributed by atoms with E-state index >= 15 is 0 Å². The molecule has 0 amide bonds. The molecule has 0 aromatic carbocycles. The lowest BCUT2D eigenvalue weighted by Gasteiger charge is -1.94. The predicted molar refractivity (Wildman–Crippen MR) is 35.5 cm³/mol. The Kier molecular flexibility index (Phi) is 3.67. The average molecular weight is 110 g/mol. The van der Waals surface area contributed by atoms with Crippen LogP contribution in [0.2, 0.25) is 0 Å². The Bertz CT molecular complexity index is 112. The third kappa shape index (κ3) is 2.24. The second kappa shape index (κ2) is 4.19. The topological polar surface area (TPSA) is 9.23 Å². The molecule has 0 saturated carbocycles. The van der Waals surface area contributed by atoms with Crippen LogP contribution >= 0.6 is 0 Å². The molecular weight excluding hydrogens is 100 g/mol. The van der Waals surface area contributed by atoms with Gasteiger partial charge in [0, 0.05) is 0 Å². The molecule has 0 heterocycles. The van der Waals surface area contributed by atoms with Crippen molar-refractivity contribution >= 4 is 0 Å². The Labute approximate surface area is 50.0 Å². The third-order valence-electron chi connectivity index (χ3n) is 0.719. The second-order valence-electron chi connectivity index (χ2n) is 1.21. The van der Waals surface area contributed by atoms with E-state index in [-0.39, 0.29) is 0 Å². The van der Waals surface area contributed by atoms with Crippen LogP contribution < -0.4 is 0 Å². The molecule has 0 spiro atoms. The van der Waals surface area contributed by atoms with E-state index in [0.717, 1.165) is 5.76 Å². The molecule has 0 aliphatic carbocycles. The van der Waals surface area contributed by atoms with Crippen molar-refractivity contribution in [2.75, 3.05) is 7.11 Å². The zero-order valence-electron chi connectivity index (χ0n) is 5.05. The first-order valence-corrected chi connectivity index (χ1v) is 2.34. The standard InChI is InChI=1S/C7H10O/c1-4-6-7(5-2)8-3/h4-6H,1-2H2,3H3/b7-6+. The Morgan fingerprint density at radius 3 is 2.25 bits per heavy atom. The minimum atomic E-state index is 0.736. The van der Waals surface area contributed by atoms with Gasteiger partial charge in [-0.2, -0.15) is 0 Å². The lowest BCUT2D eigenvalue weighted by Crippen LogP contribution is -1.77. The maximum atomic E-state index is 4.81. The highest BCUT2D eigenvalue weighted by molar-refractivity contribution is 5.14. The van der Waals surface area contributed by atoms with Gasteiger partial charge in [-0.15, -0.1) is 0 Å². The van der Waals surface area contributed by atoms with Crippen molar-refractivity contribution in [2.24, 2.45) is 0 Å². The Morgan fingerprint density at radius 2 is 2.12 bits per heavy atom. The van der Waals surface area contributed by atoms with Gasteiger partial charge < -0.3 is 4.74 Å². The van der Waals surface area contributed by atoms with E-state index in [1.165, 1.54) is 0 Å². The second-order valence-corrected chi connectivity index (χ2v) is 1.21. The first-order valence-electron chi connectivity index (χ1n) is 2.34. The van der Waals surface area contributed by atoms with Crippen molar-refractivity contribution in [3.8, 4) is 0 Å². The summed E-state index contributed by atoms with van der Waals surface area (Å²) in [5, 5.41) is 0. The van der Waals surface area contributed by atoms with Crippen LogP contribution in [0.5, 0.6) is 0 Å². The van der Waals surface area contributed by atoms with Crippen LogP contribution in [0.3, 0.4) is 0 Å². The SMILES string of the molecule is C=C/C=C(\C=C)OC. The van der Waals surface area contributed by atoms with Crippen LogP contribution in [-0.4, -0.2) is 7.11 Å². The quantitative estimate of drug-likeness (QED) is 0.398. The van der Waals surface area contributed by atoms with E-state index in [1.807, 2.05) is 0 Å². The summed E-state index contributed by atoms with van der Waals surface area (Å²) in [6.07, 6.45) is 5.02. The summed E-state index contributed by atoms with van der Waals surface area (Å²) in [4.78, 5) is 0. The molecule has 1 nitrogen and oxygen atoms in total.